The molecule has 0 aromatic carbocycles. The Balaban J connectivity index is 2.05. The molecular weight excluding hydrogens is 202 g/mol. The van der Waals surface area contributed by atoms with E-state index in [1.165, 1.54) is 0 Å². The van der Waals surface area contributed by atoms with Crippen molar-refractivity contribution >= 4 is 17.7 Å². The third kappa shape index (κ3) is 1.76. The third-order valence-electron chi connectivity index (χ3n) is 2.07. The average Bonchev–Trinajstić information content (AvgIpc) is 2.70. The Labute approximate surface area is 85.5 Å². The van der Waals surface area contributed by atoms with Crippen LogP contribution in [-0.4, -0.2) is 32.4 Å². The second kappa shape index (κ2) is 3.62. The lowest BCUT2D eigenvalue weighted by Gasteiger charge is -2.07. The first kappa shape index (κ1) is 9.54. The number of rotatable bonds is 2. The lowest BCUT2D eigenvalue weighted by atomic mass is 10.3. The normalized spacial score (nSPS) is 26.6. The lowest BCUT2D eigenvalue weighted by molar-refractivity contribution is -0.138. The number of hydrogen-bond acceptors (Lipinski definition) is 4. The molecule has 6 heteroatoms. The molecule has 14 heavy (non-hydrogen) atoms. The summed E-state index contributed by atoms with van der Waals surface area (Å²) in [5, 5.41) is 11.8. The highest BCUT2D eigenvalue weighted by molar-refractivity contribution is 7.99. The smallest absolute Gasteiger partial charge is 0.321 e. The number of carboxylic acids is 1. The molecule has 1 unspecified atom stereocenters. The highest BCUT2D eigenvalue weighted by Gasteiger charge is 2.31. The van der Waals surface area contributed by atoms with Crippen LogP contribution in [0.4, 0.5) is 0 Å². The number of carbonyl (C=O) groups is 1. The van der Waals surface area contributed by atoms with Crippen LogP contribution in [0, 0.1) is 0 Å². The summed E-state index contributed by atoms with van der Waals surface area (Å²) >= 11 is 1.58. The maximum atomic E-state index is 10.7. The van der Waals surface area contributed by atoms with Crippen molar-refractivity contribution < 1.29 is 9.90 Å². The van der Waals surface area contributed by atoms with E-state index in [0.717, 1.165) is 5.69 Å². The van der Waals surface area contributed by atoms with Crippen LogP contribution in [0.2, 0.25) is 0 Å². The molecule has 1 aromatic rings. The second-order valence-electron chi connectivity index (χ2n) is 3.23. The molecule has 2 atom stereocenters. The molecule has 0 aliphatic carbocycles. The van der Waals surface area contributed by atoms with Crippen LogP contribution in [0.1, 0.15) is 11.1 Å². The van der Waals surface area contributed by atoms with Crippen LogP contribution in [0.15, 0.2) is 12.5 Å². The molecule has 1 aliphatic rings. The Morgan fingerprint density at radius 3 is 3.14 bits per heavy atom. The van der Waals surface area contributed by atoms with Gasteiger partial charge < -0.3 is 9.67 Å². The quantitative estimate of drug-likeness (QED) is 0.735. The van der Waals surface area contributed by atoms with Gasteiger partial charge in [0.2, 0.25) is 0 Å². The Hall–Kier alpha value is -1.01. The topological polar surface area (TPSA) is 67.2 Å². The van der Waals surface area contributed by atoms with E-state index in [2.05, 4.69) is 10.3 Å². The molecule has 5 nitrogen and oxygen atoms in total. The largest absolute Gasteiger partial charge is 0.480 e. The summed E-state index contributed by atoms with van der Waals surface area (Å²) in [6, 6.07) is -0.452. The van der Waals surface area contributed by atoms with Gasteiger partial charge >= 0.3 is 5.97 Å². The van der Waals surface area contributed by atoms with E-state index in [1.807, 2.05) is 17.8 Å². The zero-order valence-electron chi connectivity index (χ0n) is 7.67. The molecule has 2 N–H and O–H groups in total. The van der Waals surface area contributed by atoms with Gasteiger partial charge in [0, 0.05) is 19.0 Å². The van der Waals surface area contributed by atoms with E-state index in [0.29, 0.717) is 5.75 Å². The van der Waals surface area contributed by atoms with Crippen molar-refractivity contribution in [1.82, 2.24) is 14.9 Å². The van der Waals surface area contributed by atoms with Crippen LogP contribution in [-0.2, 0) is 11.8 Å². The fraction of sp³-hybridized carbons (Fsp3) is 0.500. The molecule has 1 aromatic heterocycles. The van der Waals surface area contributed by atoms with Gasteiger partial charge in [-0.3, -0.25) is 10.1 Å². The van der Waals surface area contributed by atoms with Gasteiger partial charge in [0.05, 0.1) is 17.4 Å². The molecule has 2 rings (SSSR count). The number of aliphatic carboxylic acids is 1. The van der Waals surface area contributed by atoms with E-state index in [9.17, 15) is 4.79 Å². The Bertz CT molecular complexity index is 352. The van der Waals surface area contributed by atoms with Crippen molar-refractivity contribution in [3.63, 3.8) is 0 Å². The number of nitrogens with zero attached hydrogens (tertiary/aromatic N) is 2. The van der Waals surface area contributed by atoms with Gasteiger partial charge in [0.15, 0.2) is 0 Å². The van der Waals surface area contributed by atoms with Crippen molar-refractivity contribution in [2.24, 2.45) is 7.05 Å². The van der Waals surface area contributed by atoms with E-state index >= 15 is 0 Å². The van der Waals surface area contributed by atoms with E-state index in [1.54, 1.807) is 18.1 Å². The number of nitrogens with one attached hydrogen (secondary N) is 1. The summed E-state index contributed by atoms with van der Waals surface area (Å²) in [4.78, 5) is 14.9. The summed E-state index contributed by atoms with van der Waals surface area (Å²) in [5.74, 6) is -0.202. The van der Waals surface area contributed by atoms with Crippen molar-refractivity contribution in [1.29, 1.82) is 0 Å². The predicted octanol–water partition coefficient (Wildman–Crippen LogP) is 0.208. The van der Waals surface area contributed by atoms with E-state index in [4.69, 9.17) is 5.11 Å². The molecule has 0 radical (unpaired) electrons. The van der Waals surface area contributed by atoms with Gasteiger partial charge in [-0.1, -0.05) is 0 Å². The SMILES string of the molecule is Cn1cnc(C2N[C@H](C(=O)O)CS2)c1. The minimum Gasteiger partial charge on any atom is -0.480 e. The summed E-state index contributed by atoms with van der Waals surface area (Å²) in [6.07, 6.45) is 3.61. The van der Waals surface area contributed by atoms with Crippen LogP contribution in [0.3, 0.4) is 0 Å². The average molecular weight is 213 g/mol. The highest BCUT2D eigenvalue weighted by Crippen LogP contribution is 2.31. The Kier molecular flexibility index (Phi) is 2.47. The van der Waals surface area contributed by atoms with Gasteiger partial charge in [-0.05, 0) is 0 Å². The van der Waals surface area contributed by atoms with Crippen LogP contribution < -0.4 is 5.32 Å². The minimum absolute atomic E-state index is 0.0114. The van der Waals surface area contributed by atoms with Gasteiger partial charge in [-0.15, -0.1) is 11.8 Å². The summed E-state index contributed by atoms with van der Waals surface area (Å²) in [6.45, 7) is 0. The first-order valence-corrected chi connectivity index (χ1v) is 5.30. The zero-order chi connectivity index (χ0) is 10.1. The molecule has 0 bridgehead atoms. The Morgan fingerprint density at radius 2 is 2.64 bits per heavy atom. The number of imidazole rings is 1. The fourth-order valence-electron chi connectivity index (χ4n) is 1.35. The molecule has 0 saturated carbocycles. The van der Waals surface area contributed by atoms with E-state index < -0.39 is 12.0 Å². The molecule has 2 heterocycles. The number of thioether (sulfide) groups is 1. The molecule has 1 saturated heterocycles. The van der Waals surface area contributed by atoms with Gasteiger partial charge in [-0.2, -0.15) is 0 Å². The van der Waals surface area contributed by atoms with Crippen LogP contribution >= 0.6 is 11.8 Å². The first-order chi connectivity index (χ1) is 6.66. The van der Waals surface area contributed by atoms with Crippen molar-refractivity contribution in [3.05, 3.63) is 18.2 Å². The number of hydrogen-bond donors (Lipinski definition) is 2. The van der Waals surface area contributed by atoms with Gasteiger partial charge in [0.25, 0.3) is 0 Å². The van der Waals surface area contributed by atoms with Gasteiger partial charge in [0.1, 0.15) is 6.04 Å². The summed E-state index contributed by atoms with van der Waals surface area (Å²) in [7, 11) is 1.89. The minimum atomic E-state index is -0.795. The highest BCUT2D eigenvalue weighted by atomic mass is 32.2. The molecule has 0 amide bonds. The number of aromatic nitrogens is 2. The van der Waals surface area contributed by atoms with Crippen molar-refractivity contribution in [2.75, 3.05) is 5.75 Å². The summed E-state index contributed by atoms with van der Waals surface area (Å²) in [5.41, 5.74) is 0.890. The number of carboxylic acid groups (broad SMARTS) is 1. The zero-order valence-corrected chi connectivity index (χ0v) is 8.49. The lowest BCUT2D eigenvalue weighted by Crippen LogP contribution is -2.33. The maximum absolute atomic E-state index is 10.7. The maximum Gasteiger partial charge on any atom is 0.321 e. The first-order valence-electron chi connectivity index (χ1n) is 4.25. The predicted molar refractivity (Wildman–Crippen MR) is 53.0 cm³/mol. The van der Waals surface area contributed by atoms with Gasteiger partial charge in [-0.25, -0.2) is 4.98 Å². The summed E-state index contributed by atoms with van der Waals surface area (Å²) < 4.78 is 1.85. The molecule has 0 spiro atoms. The molecule has 1 aliphatic heterocycles. The molecule has 1 fully saturated rings. The number of aryl methyl sites for hydroxylation is 1. The third-order valence-corrected chi connectivity index (χ3v) is 3.31. The van der Waals surface area contributed by atoms with Crippen molar-refractivity contribution in [3.8, 4) is 0 Å². The standard InChI is InChI=1S/C8H11N3O2S/c1-11-2-5(9-4-11)7-10-6(3-14-7)8(12)13/h2,4,6-7,10H,3H2,1H3,(H,12,13)/t6-,7?/m0/s1. The second-order valence-corrected chi connectivity index (χ2v) is 4.37. The van der Waals surface area contributed by atoms with Crippen molar-refractivity contribution in [2.45, 2.75) is 11.4 Å². The monoisotopic (exact) mass is 213 g/mol. The Morgan fingerprint density at radius 1 is 1.86 bits per heavy atom. The molecule has 76 valence electrons. The molecular formula is C8H11N3O2S. The fourth-order valence-corrected chi connectivity index (χ4v) is 2.53. The van der Waals surface area contributed by atoms with E-state index in [-0.39, 0.29) is 5.37 Å². The van der Waals surface area contributed by atoms with Crippen LogP contribution in [0.5, 0.6) is 0 Å². The van der Waals surface area contributed by atoms with Crippen LogP contribution in [0.25, 0.3) is 0 Å².